The summed E-state index contributed by atoms with van der Waals surface area (Å²) in [5, 5.41) is 3.39. The smallest absolute Gasteiger partial charge is 0.126 e. The molecule has 0 bridgehead atoms. The minimum Gasteiger partial charge on any atom is -0.370 e. The highest BCUT2D eigenvalue weighted by Gasteiger charge is 2.12. The molecule has 0 atom stereocenters. The zero-order valence-corrected chi connectivity index (χ0v) is 10.8. The minimum absolute atomic E-state index is 1.02. The maximum atomic E-state index is 4.54. The Kier molecular flexibility index (Phi) is 3.05. The van der Waals surface area contributed by atoms with Crippen LogP contribution >= 0.6 is 0 Å². The Morgan fingerprint density at radius 1 is 1.33 bits per heavy atom. The molecular formula is C15H19N3. The monoisotopic (exact) mass is 241 g/mol. The molecule has 0 fully saturated rings. The zero-order valence-electron chi connectivity index (χ0n) is 10.8. The Hall–Kier alpha value is -1.77. The second-order valence-electron chi connectivity index (χ2n) is 4.98. The van der Waals surface area contributed by atoms with E-state index in [1.54, 1.807) is 0 Å². The molecule has 1 aromatic carbocycles. The van der Waals surface area contributed by atoms with Crippen LogP contribution in [-0.2, 0) is 19.4 Å². The van der Waals surface area contributed by atoms with E-state index in [4.69, 9.17) is 0 Å². The molecule has 3 rings (SSSR count). The molecule has 1 N–H and O–H groups in total. The van der Waals surface area contributed by atoms with E-state index in [0.717, 1.165) is 25.9 Å². The standard InChI is InChI=1S/C15H19N3/c1-12-4-2-5-13(10-12)6-7-14-17-11-15-16-8-3-9-18(14)15/h2,4-5,10-11,16H,3,6-9H2,1H3. The van der Waals surface area contributed by atoms with Gasteiger partial charge in [-0.25, -0.2) is 4.98 Å². The lowest BCUT2D eigenvalue weighted by molar-refractivity contribution is 0.597. The normalized spacial score (nSPS) is 14.1. The summed E-state index contributed by atoms with van der Waals surface area (Å²) in [5.74, 6) is 2.39. The summed E-state index contributed by atoms with van der Waals surface area (Å²) in [7, 11) is 0. The van der Waals surface area contributed by atoms with Crippen molar-refractivity contribution in [2.45, 2.75) is 32.7 Å². The van der Waals surface area contributed by atoms with Crippen LogP contribution < -0.4 is 5.32 Å². The van der Waals surface area contributed by atoms with Crippen LogP contribution in [0.2, 0.25) is 0 Å². The molecule has 1 aliphatic rings. The number of fused-ring (bicyclic) bond motifs is 1. The van der Waals surface area contributed by atoms with Gasteiger partial charge in [-0.2, -0.15) is 0 Å². The molecule has 18 heavy (non-hydrogen) atoms. The summed E-state index contributed by atoms with van der Waals surface area (Å²) >= 11 is 0. The summed E-state index contributed by atoms with van der Waals surface area (Å²) < 4.78 is 2.32. The number of hydrogen-bond donors (Lipinski definition) is 1. The van der Waals surface area contributed by atoms with Crippen molar-refractivity contribution in [3.05, 3.63) is 47.4 Å². The molecule has 1 aliphatic heterocycles. The van der Waals surface area contributed by atoms with Crippen LogP contribution in [-0.4, -0.2) is 16.1 Å². The first-order valence-electron chi connectivity index (χ1n) is 6.67. The lowest BCUT2D eigenvalue weighted by atomic mass is 10.1. The van der Waals surface area contributed by atoms with Gasteiger partial charge in [0.1, 0.15) is 11.6 Å². The number of hydrogen-bond acceptors (Lipinski definition) is 2. The molecule has 0 aliphatic carbocycles. The third kappa shape index (κ3) is 2.26. The van der Waals surface area contributed by atoms with Crippen molar-refractivity contribution in [3.63, 3.8) is 0 Å². The first-order chi connectivity index (χ1) is 8.83. The number of aromatic nitrogens is 2. The van der Waals surface area contributed by atoms with Crippen molar-refractivity contribution >= 4 is 5.82 Å². The van der Waals surface area contributed by atoms with Gasteiger partial charge in [0.25, 0.3) is 0 Å². The van der Waals surface area contributed by atoms with Crippen LogP contribution in [0, 0.1) is 6.92 Å². The average molecular weight is 241 g/mol. The van der Waals surface area contributed by atoms with Gasteiger partial charge >= 0.3 is 0 Å². The van der Waals surface area contributed by atoms with Crippen molar-refractivity contribution in [2.24, 2.45) is 0 Å². The van der Waals surface area contributed by atoms with E-state index in [1.165, 1.54) is 29.2 Å². The van der Waals surface area contributed by atoms with Gasteiger partial charge in [0.15, 0.2) is 0 Å². The Labute approximate surface area is 108 Å². The fraction of sp³-hybridized carbons (Fsp3) is 0.400. The summed E-state index contributed by atoms with van der Waals surface area (Å²) in [6.07, 6.45) is 5.24. The van der Waals surface area contributed by atoms with Crippen molar-refractivity contribution in [2.75, 3.05) is 11.9 Å². The quantitative estimate of drug-likeness (QED) is 0.895. The van der Waals surface area contributed by atoms with Crippen LogP contribution in [0.5, 0.6) is 0 Å². The van der Waals surface area contributed by atoms with Gasteiger partial charge in [0.05, 0.1) is 6.20 Å². The van der Waals surface area contributed by atoms with Gasteiger partial charge in [-0.1, -0.05) is 29.8 Å². The van der Waals surface area contributed by atoms with Crippen LogP contribution in [0.15, 0.2) is 30.5 Å². The molecule has 0 radical (unpaired) electrons. The molecule has 94 valence electrons. The number of imidazole rings is 1. The van der Waals surface area contributed by atoms with Crippen molar-refractivity contribution < 1.29 is 0 Å². The summed E-state index contributed by atoms with van der Waals surface area (Å²) in [5.41, 5.74) is 2.73. The first-order valence-corrected chi connectivity index (χ1v) is 6.67. The Bertz CT molecular complexity index is 542. The molecule has 2 aromatic rings. The zero-order chi connectivity index (χ0) is 12.4. The highest BCUT2D eigenvalue weighted by Crippen LogP contribution is 2.18. The molecule has 0 spiro atoms. The first kappa shape index (κ1) is 11.3. The molecule has 0 saturated carbocycles. The number of nitrogens with one attached hydrogen (secondary N) is 1. The molecule has 0 amide bonds. The molecule has 1 aromatic heterocycles. The number of rotatable bonds is 3. The van der Waals surface area contributed by atoms with E-state index in [2.05, 4.69) is 46.1 Å². The van der Waals surface area contributed by atoms with Crippen molar-refractivity contribution in [1.29, 1.82) is 0 Å². The van der Waals surface area contributed by atoms with Crippen LogP contribution in [0.3, 0.4) is 0 Å². The Morgan fingerprint density at radius 3 is 3.17 bits per heavy atom. The fourth-order valence-electron chi connectivity index (χ4n) is 2.58. The van der Waals surface area contributed by atoms with Crippen molar-refractivity contribution in [3.8, 4) is 0 Å². The highest BCUT2D eigenvalue weighted by atomic mass is 15.2. The number of nitrogens with zero attached hydrogens (tertiary/aromatic N) is 2. The maximum Gasteiger partial charge on any atom is 0.126 e. The third-order valence-electron chi connectivity index (χ3n) is 3.52. The molecule has 0 unspecified atom stereocenters. The van der Waals surface area contributed by atoms with E-state index >= 15 is 0 Å². The van der Waals surface area contributed by atoms with E-state index < -0.39 is 0 Å². The fourth-order valence-corrected chi connectivity index (χ4v) is 2.58. The maximum absolute atomic E-state index is 4.54. The predicted octanol–water partition coefficient (Wildman–Crippen LogP) is 2.79. The van der Waals surface area contributed by atoms with Gasteiger partial charge in [0, 0.05) is 19.5 Å². The summed E-state index contributed by atoms with van der Waals surface area (Å²) in [6.45, 7) is 4.32. The lowest BCUT2D eigenvalue weighted by Gasteiger charge is -2.18. The van der Waals surface area contributed by atoms with E-state index in [1.807, 2.05) is 6.20 Å². The Balaban J connectivity index is 1.72. The highest BCUT2D eigenvalue weighted by molar-refractivity contribution is 5.36. The largest absolute Gasteiger partial charge is 0.370 e. The second-order valence-corrected chi connectivity index (χ2v) is 4.98. The minimum atomic E-state index is 1.02. The Morgan fingerprint density at radius 2 is 2.28 bits per heavy atom. The average Bonchev–Trinajstić information content (AvgIpc) is 2.80. The van der Waals surface area contributed by atoms with Crippen molar-refractivity contribution in [1.82, 2.24) is 9.55 Å². The number of aryl methyl sites for hydroxylation is 3. The molecule has 3 nitrogen and oxygen atoms in total. The lowest BCUT2D eigenvalue weighted by Crippen LogP contribution is -2.18. The van der Waals surface area contributed by atoms with Crippen LogP contribution in [0.4, 0.5) is 5.82 Å². The van der Waals surface area contributed by atoms with Gasteiger partial charge in [0.2, 0.25) is 0 Å². The predicted molar refractivity (Wildman–Crippen MR) is 73.9 cm³/mol. The van der Waals surface area contributed by atoms with E-state index in [0.29, 0.717) is 0 Å². The van der Waals surface area contributed by atoms with Gasteiger partial charge in [-0.3, -0.25) is 0 Å². The van der Waals surface area contributed by atoms with Gasteiger partial charge in [-0.15, -0.1) is 0 Å². The molecular weight excluding hydrogens is 222 g/mol. The van der Waals surface area contributed by atoms with Crippen LogP contribution in [0.1, 0.15) is 23.4 Å². The summed E-state index contributed by atoms with van der Waals surface area (Å²) in [6, 6.07) is 8.74. The van der Waals surface area contributed by atoms with Crippen LogP contribution in [0.25, 0.3) is 0 Å². The van der Waals surface area contributed by atoms with Gasteiger partial charge in [-0.05, 0) is 25.3 Å². The SMILES string of the molecule is Cc1cccc(CCc2ncc3n2CCCN3)c1. The second kappa shape index (κ2) is 4.84. The molecule has 2 heterocycles. The third-order valence-corrected chi connectivity index (χ3v) is 3.52. The van der Waals surface area contributed by atoms with Gasteiger partial charge < -0.3 is 9.88 Å². The summed E-state index contributed by atoms with van der Waals surface area (Å²) in [4.78, 5) is 4.54. The van der Waals surface area contributed by atoms with E-state index in [9.17, 15) is 0 Å². The number of anilines is 1. The topological polar surface area (TPSA) is 29.9 Å². The molecule has 0 saturated heterocycles. The molecule has 3 heteroatoms. The number of benzene rings is 1. The van der Waals surface area contributed by atoms with E-state index in [-0.39, 0.29) is 0 Å².